The van der Waals surface area contributed by atoms with E-state index in [0.29, 0.717) is 42.9 Å². The predicted molar refractivity (Wildman–Crippen MR) is 102 cm³/mol. The molecule has 1 N–H and O–H groups in total. The van der Waals surface area contributed by atoms with Crippen molar-refractivity contribution in [1.82, 2.24) is 14.9 Å². The molecule has 1 fully saturated rings. The van der Waals surface area contributed by atoms with Gasteiger partial charge in [-0.2, -0.15) is 0 Å². The highest BCUT2D eigenvalue weighted by molar-refractivity contribution is 5.95. The van der Waals surface area contributed by atoms with E-state index in [9.17, 15) is 14.7 Å². The van der Waals surface area contributed by atoms with Gasteiger partial charge >= 0.3 is 5.97 Å². The molecule has 1 aromatic carbocycles. The topological polar surface area (TPSA) is 83.4 Å². The number of amides is 1. The first-order chi connectivity index (χ1) is 13.0. The number of benzene rings is 1. The van der Waals surface area contributed by atoms with Crippen molar-refractivity contribution in [2.75, 3.05) is 13.1 Å². The lowest BCUT2D eigenvalue weighted by Crippen LogP contribution is -2.50. The van der Waals surface area contributed by atoms with E-state index in [-0.39, 0.29) is 12.5 Å². The number of nitrogens with zero attached hydrogens (tertiary/aromatic N) is 3. The molecule has 0 unspecified atom stereocenters. The Morgan fingerprint density at radius 2 is 2.00 bits per heavy atom. The van der Waals surface area contributed by atoms with Crippen LogP contribution >= 0.6 is 0 Å². The highest BCUT2D eigenvalue weighted by Gasteiger charge is 2.43. The van der Waals surface area contributed by atoms with Crippen molar-refractivity contribution < 1.29 is 14.7 Å². The summed E-state index contributed by atoms with van der Waals surface area (Å²) >= 11 is 0. The van der Waals surface area contributed by atoms with E-state index in [1.165, 1.54) is 0 Å². The molecule has 1 atom stereocenters. The number of piperidine rings is 1. The van der Waals surface area contributed by atoms with Crippen molar-refractivity contribution in [3.05, 3.63) is 47.8 Å². The van der Waals surface area contributed by atoms with Crippen LogP contribution in [0.1, 0.15) is 48.7 Å². The zero-order chi connectivity index (χ0) is 19.4. The van der Waals surface area contributed by atoms with E-state index in [4.69, 9.17) is 0 Å². The Balaban J connectivity index is 1.84. The van der Waals surface area contributed by atoms with Crippen molar-refractivity contribution >= 4 is 11.9 Å². The van der Waals surface area contributed by atoms with E-state index >= 15 is 0 Å². The van der Waals surface area contributed by atoms with Crippen LogP contribution in [0.15, 0.2) is 36.5 Å². The highest BCUT2D eigenvalue weighted by atomic mass is 16.4. The van der Waals surface area contributed by atoms with E-state index in [2.05, 4.69) is 9.97 Å². The average Bonchev–Trinajstić information content (AvgIpc) is 2.68. The maximum absolute atomic E-state index is 13.0. The van der Waals surface area contributed by atoms with Crippen LogP contribution in [-0.4, -0.2) is 44.9 Å². The molecule has 1 aliphatic rings. The summed E-state index contributed by atoms with van der Waals surface area (Å²) in [6.07, 6.45) is 4.23. The number of carbonyl (C=O) groups is 2. The second-order valence-corrected chi connectivity index (χ2v) is 7.22. The van der Waals surface area contributed by atoms with Crippen molar-refractivity contribution in [2.24, 2.45) is 5.41 Å². The fraction of sp³-hybridized carbons (Fsp3) is 0.429. The lowest BCUT2D eigenvalue weighted by Gasteiger charge is -2.40. The van der Waals surface area contributed by atoms with Gasteiger partial charge in [-0.05, 0) is 26.2 Å². The second kappa shape index (κ2) is 7.86. The number of aryl methyl sites for hydroxylation is 1. The number of aliphatic carboxylic acids is 1. The molecule has 0 spiro atoms. The minimum Gasteiger partial charge on any atom is -0.481 e. The molecule has 0 bridgehead atoms. The number of carboxylic acids is 1. The summed E-state index contributed by atoms with van der Waals surface area (Å²) in [6.45, 7) is 4.58. The molecular formula is C21H25N3O3. The van der Waals surface area contributed by atoms with Crippen LogP contribution in [0.4, 0.5) is 0 Å². The van der Waals surface area contributed by atoms with Crippen molar-refractivity contribution in [2.45, 2.75) is 39.5 Å². The molecule has 27 heavy (non-hydrogen) atoms. The van der Waals surface area contributed by atoms with Gasteiger partial charge in [-0.3, -0.25) is 9.59 Å². The number of rotatable bonds is 5. The van der Waals surface area contributed by atoms with E-state index in [1.807, 2.05) is 37.3 Å². The number of likely N-dealkylation sites (tertiary alicyclic amines) is 1. The average molecular weight is 367 g/mol. The van der Waals surface area contributed by atoms with Gasteiger partial charge in [-0.1, -0.05) is 43.7 Å². The molecule has 142 valence electrons. The molecule has 1 saturated heterocycles. The van der Waals surface area contributed by atoms with Crippen LogP contribution in [0.3, 0.4) is 0 Å². The van der Waals surface area contributed by atoms with Gasteiger partial charge in [0.2, 0.25) is 0 Å². The lowest BCUT2D eigenvalue weighted by molar-refractivity contribution is -0.152. The van der Waals surface area contributed by atoms with Crippen LogP contribution in [0.25, 0.3) is 11.4 Å². The Hall–Kier alpha value is -2.76. The smallest absolute Gasteiger partial charge is 0.311 e. The van der Waals surface area contributed by atoms with Crippen LogP contribution in [0.2, 0.25) is 0 Å². The molecule has 6 heteroatoms. The summed E-state index contributed by atoms with van der Waals surface area (Å²) in [5.41, 5.74) is 1.09. The number of hydrogen-bond donors (Lipinski definition) is 1. The Bertz CT molecular complexity index is 834. The first kappa shape index (κ1) is 19.0. The van der Waals surface area contributed by atoms with Crippen LogP contribution < -0.4 is 0 Å². The summed E-state index contributed by atoms with van der Waals surface area (Å²) in [7, 11) is 0. The summed E-state index contributed by atoms with van der Waals surface area (Å²) in [5, 5.41) is 9.74. The molecule has 0 aliphatic carbocycles. The number of carbonyl (C=O) groups excluding carboxylic acids is 1. The third-order valence-electron chi connectivity index (χ3n) is 5.29. The monoisotopic (exact) mass is 367 g/mol. The summed E-state index contributed by atoms with van der Waals surface area (Å²) in [5.74, 6) is -0.419. The van der Waals surface area contributed by atoms with Gasteiger partial charge in [0.15, 0.2) is 5.82 Å². The molecule has 0 saturated carbocycles. The molecule has 3 rings (SSSR count). The molecular weight excluding hydrogens is 342 g/mol. The van der Waals surface area contributed by atoms with E-state index in [1.54, 1.807) is 18.0 Å². The fourth-order valence-electron chi connectivity index (χ4n) is 3.84. The highest BCUT2D eigenvalue weighted by Crippen LogP contribution is 2.35. The second-order valence-electron chi connectivity index (χ2n) is 7.22. The SMILES string of the molecule is CCC[C@@]1(C(=O)O)CCCN(C(=O)c2cnc(-c3ccccc3)nc2C)C1. The van der Waals surface area contributed by atoms with Crippen molar-refractivity contribution in [1.29, 1.82) is 0 Å². The lowest BCUT2D eigenvalue weighted by atomic mass is 9.76. The van der Waals surface area contributed by atoms with Crippen molar-refractivity contribution in [3.63, 3.8) is 0 Å². The Morgan fingerprint density at radius 1 is 1.26 bits per heavy atom. The number of aromatic nitrogens is 2. The van der Waals surface area contributed by atoms with E-state index < -0.39 is 11.4 Å². The van der Waals surface area contributed by atoms with Gasteiger partial charge in [-0.25, -0.2) is 9.97 Å². The molecule has 1 aromatic heterocycles. The van der Waals surface area contributed by atoms with Gasteiger partial charge in [0.25, 0.3) is 5.91 Å². The van der Waals surface area contributed by atoms with Crippen LogP contribution in [0.5, 0.6) is 0 Å². The zero-order valence-corrected chi connectivity index (χ0v) is 15.8. The quantitative estimate of drug-likeness (QED) is 0.873. The zero-order valence-electron chi connectivity index (χ0n) is 15.8. The van der Waals surface area contributed by atoms with Gasteiger partial charge in [0.1, 0.15) is 0 Å². The first-order valence-electron chi connectivity index (χ1n) is 9.38. The summed E-state index contributed by atoms with van der Waals surface area (Å²) in [6, 6.07) is 9.61. The minimum absolute atomic E-state index is 0.187. The third kappa shape index (κ3) is 3.84. The Morgan fingerprint density at radius 3 is 2.63 bits per heavy atom. The molecule has 0 radical (unpaired) electrons. The maximum Gasteiger partial charge on any atom is 0.311 e. The predicted octanol–water partition coefficient (Wildman–Crippen LogP) is 3.56. The molecule has 2 heterocycles. The number of hydrogen-bond acceptors (Lipinski definition) is 4. The van der Waals surface area contributed by atoms with Gasteiger partial charge in [0.05, 0.1) is 16.7 Å². The first-order valence-corrected chi connectivity index (χ1v) is 9.38. The maximum atomic E-state index is 13.0. The largest absolute Gasteiger partial charge is 0.481 e. The van der Waals surface area contributed by atoms with E-state index in [0.717, 1.165) is 12.0 Å². The van der Waals surface area contributed by atoms with Gasteiger partial charge in [-0.15, -0.1) is 0 Å². The van der Waals surface area contributed by atoms with Gasteiger partial charge < -0.3 is 10.0 Å². The summed E-state index contributed by atoms with van der Waals surface area (Å²) in [4.78, 5) is 35.4. The van der Waals surface area contributed by atoms with Gasteiger partial charge in [0, 0.05) is 24.8 Å². The fourth-order valence-corrected chi connectivity index (χ4v) is 3.84. The third-order valence-corrected chi connectivity index (χ3v) is 5.29. The number of carboxylic acid groups (broad SMARTS) is 1. The minimum atomic E-state index is -0.846. The normalized spacial score (nSPS) is 19.7. The summed E-state index contributed by atoms with van der Waals surface area (Å²) < 4.78 is 0. The standard InChI is InChI=1S/C21H25N3O3/c1-3-10-21(20(26)27)11-7-12-24(14-21)19(25)17-13-22-18(23-15(17)2)16-8-5-4-6-9-16/h4-6,8-9,13H,3,7,10-12,14H2,1-2H3,(H,26,27)/t21-/m1/s1. The van der Waals surface area contributed by atoms with Crippen molar-refractivity contribution in [3.8, 4) is 11.4 Å². The Labute approximate surface area is 159 Å². The van der Waals surface area contributed by atoms with Crippen LogP contribution in [0, 0.1) is 12.3 Å². The Kier molecular flexibility index (Phi) is 5.54. The molecule has 6 nitrogen and oxygen atoms in total. The molecule has 2 aromatic rings. The molecule has 1 aliphatic heterocycles. The van der Waals surface area contributed by atoms with Crippen LogP contribution in [-0.2, 0) is 4.79 Å². The molecule has 1 amide bonds.